The highest BCUT2D eigenvalue weighted by Gasteiger charge is 2.44. The minimum Gasteiger partial charge on any atom is -0.393 e. The molecule has 3 heterocycles. The van der Waals surface area contributed by atoms with E-state index in [4.69, 9.17) is 14.2 Å². The average molecular weight is 513 g/mol. The number of amides is 2. The zero-order valence-electron chi connectivity index (χ0n) is 21.7. The van der Waals surface area contributed by atoms with Crippen LogP contribution < -0.4 is 0 Å². The van der Waals surface area contributed by atoms with E-state index in [9.17, 15) is 24.9 Å². The SMILES string of the molecule is CCCCCCCCCCCC(CC(=O)N=C1OC(=O)N2CCCC12)O[C@@H]1O[C@@H](C)[C@H](O)[C@@H](O)[C@H]1O. The molecule has 0 bridgehead atoms. The van der Waals surface area contributed by atoms with Crippen LogP contribution in [0.15, 0.2) is 4.99 Å². The maximum Gasteiger partial charge on any atom is 0.417 e. The predicted octanol–water partition coefficient (Wildman–Crippen LogP) is 3.05. The van der Waals surface area contributed by atoms with Crippen LogP contribution in [0.4, 0.5) is 4.79 Å². The van der Waals surface area contributed by atoms with E-state index < -0.39 is 48.8 Å². The van der Waals surface area contributed by atoms with Crippen LogP contribution in [0.1, 0.15) is 97.3 Å². The number of aliphatic imine (C=N–C) groups is 1. The molecule has 10 nitrogen and oxygen atoms in total. The lowest BCUT2D eigenvalue weighted by Gasteiger charge is -2.40. The number of carbonyl (C=O) groups is 2. The van der Waals surface area contributed by atoms with Gasteiger partial charge in [-0.3, -0.25) is 9.69 Å². The van der Waals surface area contributed by atoms with E-state index in [1.54, 1.807) is 11.8 Å². The number of unbranched alkanes of at least 4 members (excludes halogenated alkanes) is 8. The molecule has 0 aromatic rings. The Kier molecular flexibility index (Phi) is 11.6. The van der Waals surface area contributed by atoms with E-state index in [1.165, 1.54) is 38.5 Å². The van der Waals surface area contributed by atoms with Gasteiger partial charge in [-0.15, -0.1) is 0 Å². The molecule has 0 spiro atoms. The minimum absolute atomic E-state index is 0.0651. The Bertz CT molecular complexity index is 747. The van der Waals surface area contributed by atoms with Crippen molar-refractivity contribution < 1.29 is 39.1 Å². The molecule has 0 aliphatic carbocycles. The monoisotopic (exact) mass is 512 g/mol. The third-order valence-electron chi connectivity index (χ3n) is 7.37. The summed E-state index contributed by atoms with van der Waals surface area (Å²) in [6.07, 6.45) is 5.43. The van der Waals surface area contributed by atoms with Crippen molar-refractivity contribution in [2.45, 2.75) is 140 Å². The summed E-state index contributed by atoms with van der Waals surface area (Å²) < 4.78 is 16.7. The second kappa shape index (κ2) is 14.4. The van der Waals surface area contributed by atoms with Crippen LogP contribution in [0.5, 0.6) is 0 Å². The molecule has 2 unspecified atom stereocenters. The highest BCUT2D eigenvalue weighted by molar-refractivity contribution is 6.04. The molecule has 2 amide bonds. The van der Waals surface area contributed by atoms with Crippen molar-refractivity contribution in [1.82, 2.24) is 4.90 Å². The van der Waals surface area contributed by atoms with Crippen molar-refractivity contribution in [3.63, 3.8) is 0 Å². The molecule has 7 atom stereocenters. The molecule has 0 aromatic heterocycles. The van der Waals surface area contributed by atoms with Gasteiger partial charge < -0.3 is 29.5 Å². The molecule has 3 aliphatic heterocycles. The van der Waals surface area contributed by atoms with Crippen LogP contribution in [-0.2, 0) is 19.0 Å². The second-order valence-corrected chi connectivity index (χ2v) is 10.3. The number of aliphatic hydroxyl groups excluding tert-OH is 3. The minimum atomic E-state index is -1.44. The molecule has 3 rings (SSSR count). The summed E-state index contributed by atoms with van der Waals surface area (Å²) in [5.74, 6) is -0.322. The van der Waals surface area contributed by atoms with Gasteiger partial charge in [0.15, 0.2) is 6.29 Å². The van der Waals surface area contributed by atoms with E-state index >= 15 is 0 Å². The van der Waals surface area contributed by atoms with Crippen LogP contribution in [0.2, 0.25) is 0 Å². The number of hydrogen-bond donors (Lipinski definition) is 3. The van der Waals surface area contributed by atoms with Gasteiger partial charge in [0.2, 0.25) is 5.90 Å². The molecule has 3 N–H and O–H groups in total. The van der Waals surface area contributed by atoms with Gasteiger partial charge in [0.1, 0.15) is 24.4 Å². The molecule has 3 fully saturated rings. The summed E-state index contributed by atoms with van der Waals surface area (Å²) in [6.45, 7) is 4.40. The summed E-state index contributed by atoms with van der Waals surface area (Å²) >= 11 is 0. The fraction of sp³-hybridized carbons (Fsp3) is 0.885. The lowest BCUT2D eigenvalue weighted by atomic mass is 9.99. The van der Waals surface area contributed by atoms with Crippen molar-refractivity contribution in [3.05, 3.63) is 0 Å². The number of rotatable bonds is 14. The van der Waals surface area contributed by atoms with Crippen LogP contribution in [-0.4, -0.2) is 87.5 Å². The first-order valence-corrected chi connectivity index (χ1v) is 13.8. The average Bonchev–Trinajstić information content (AvgIpc) is 3.44. The van der Waals surface area contributed by atoms with Crippen molar-refractivity contribution >= 4 is 17.9 Å². The van der Waals surface area contributed by atoms with Gasteiger partial charge in [0, 0.05) is 6.54 Å². The molecule has 0 aromatic carbocycles. The van der Waals surface area contributed by atoms with Gasteiger partial charge >= 0.3 is 6.09 Å². The Balaban J connectivity index is 1.53. The van der Waals surface area contributed by atoms with Gasteiger partial charge in [0.25, 0.3) is 5.91 Å². The first kappa shape index (κ1) is 29.0. The number of hydrogen-bond acceptors (Lipinski definition) is 8. The molecule has 0 radical (unpaired) electrons. The number of nitrogens with zero attached hydrogens (tertiary/aromatic N) is 2. The van der Waals surface area contributed by atoms with E-state index in [2.05, 4.69) is 11.9 Å². The zero-order chi connectivity index (χ0) is 26.1. The number of cyclic esters (lactones) is 1. The molecular formula is C26H44N2O8. The standard InChI is InChI=1S/C26H44N2O8/c1-3-4-5-6-7-8-9-10-11-13-18(35-25-23(32)22(31)21(30)17(2)34-25)16-20(29)27-24-19-14-12-15-28(19)26(33)36-24/h17-19,21-23,25,30-32H,3-16H2,1-2H3/t17-,18?,19?,21-,22+,23+,25-/m0/s1. The van der Waals surface area contributed by atoms with Gasteiger partial charge in [-0.05, 0) is 26.2 Å². The third kappa shape index (κ3) is 7.95. The number of carbonyl (C=O) groups excluding carboxylic acids is 2. The fourth-order valence-electron chi connectivity index (χ4n) is 5.14. The van der Waals surface area contributed by atoms with Gasteiger partial charge in [-0.25, -0.2) is 4.79 Å². The van der Waals surface area contributed by atoms with Crippen molar-refractivity contribution in [2.24, 2.45) is 4.99 Å². The van der Waals surface area contributed by atoms with Crippen LogP contribution >= 0.6 is 0 Å². The lowest BCUT2D eigenvalue weighted by molar-refractivity contribution is -0.304. The summed E-state index contributed by atoms with van der Waals surface area (Å²) in [7, 11) is 0. The smallest absolute Gasteiger partial charge is 0.393 e. The Hall–Kier alpha value is -1.59. The number of ether oxygens (including phenoxy) is 3. The van der Waals surface area contributed by atoms with E-state index in [0.29, 0.717) is 13.0 Å². The summed E-state index contributed by atoms with van der Waals surface area (Å²) in [5, 5.41) is 30.5. The largest absolute Gasteiger partial charge is 0.417 e. The second-order valence-electron chi connectivity index (χ2n) is 10.3. The molecule has 0 saturated carbocycles. The normalized spacial score (nSPS) is 32.1. The summed E-state index contributed by atoms with van der Waals surface area (Å²) in [4.78, 5) is 30.4. The first-order valence-electron chi connectivity index (χ1n) is 13.8. The highest BCUT2D eigenvalue weighted by atomic mass is 16.7. The third-order valence-corrected chi connectivity index (χ3v) is 7.37. The van der Waals surface area contributed by atoms with Crippen LogP contribution in [0.3, 0.4) is 0 Å². The van der Waals surface area contributed by atoms with Gasteiger partial charge in [-0.1, -0.05) is 64.7 Å². The Morgan fingerprint density at radius 3 is 2.42 bits per heavy atom. The first-order chi connectivity index (χ1) is 17.3. The number of fused-ring (bicyclic) bond motifs is 1. The van der Waals surface area contributed by atoms with Crippen molar-refractivity contribution in [3.8, 4) is 0 Å². The van der Waals surface area contributed by atoms with E-state index in [1.807, 2.05) is 0 Å². The topological polar surface area (TPSA) is 138 Å². The summed E-state index contributed by atoms with van der Waals surface area (Å²) in [6, 6.07) is -0.279. The molecular weight excluding hydrogens is 468 g/mol. The predicted molar refractivity (Wildman–Crippen MR) is 132 cm³/mol. The van der Waals surface area contributed by atoms with E-state index in [0.717, 1.165) is 32.1 Å². The van der Waals surface area contributed by atoms with Gasteiger partial charge in [0.05, 0.1) is 18.6 Å². The molecule has 10 heteroatoms. The van der Waals surface area contributed by atoms with Gasteiger partial charge in [-0.2, -0.15) is 4.99 Å². The molecule has 3 saturated heterocycles. The summed E-state index contributed by atoms with van der Waals surface area (Å²) in [5.41, 5.74) is 0. The van der Waals surface area contributed by atoms with Crippen LogP contribution in [0, 0.1) is 0 Å². The van der Waals surface area contributed by atoms with Crippen molar-refractivity contribution in [2.75, 3.05) is 6.54 Å². The lowest BCUT2D eigenvalue weighted by Crippen LogP contribution is -2.58. The zero-order valence-corrected chi connectivity index (χ0v) is 21.7. The quantitative estimate of drug-likeness (QED) is 0.302. The highest BCUT2D eigenvalue weighted by Crippen LogP contribution is 2.27. The van der Waals surface area contributed by atoms with Crippen molar-refractivity contribution in [1.29, 1.82) is 0 Å². The molecule has 3 aliphatic rings. The Morgan fingerprint density at radius 1 is 1.06 bits per heavy atom. The van der Waals surface area contributed by atoms with Crippen LogP contribution in [0.25, 0.3) is 0 Å². The molecule has 36 heavy (non-hydrogen) atoms. The fourth-order valence-corrected chi connectivity index (χ4v) is 5.14. The Labute approximate surface area is 214 Å². The molecule has 206 valence electrons. The maximum absolute atomic E-state index is 12.8. The van der Waals surface area contributed by atoms with E-state index in [-0.39, 0.29) is 18.4 Å². The number of aliphatic hydroxyl groups is 3. The maximum atomic E-state index is 12.8. The Morgan fingerprint density at radius 2 is 1.72 bits per heavy atom.